The molecule has 0 aliphatic heterocycles. The maximum absolute atomic E-state index is 6.20. The number of hydrogen-bond acceptors (Lipinski definition) is 2. The van der Waals surface area contributed by atoms with Crippen LogP contribution in [0.4, 0.5) is 0 Å². The Morgan fingerprint density at radius 2 is 2.25 bits per heavy atom. The minimum absolute atomic E-state index is 0.707. The Morgan fingerprint density at radius 1 is 1.42 bits per heavy atom. The van der Waals surface area contributed by atoms with Crippen LogP contribution in [-0.2, 0) is 19.3 Å². The summed E-state index contributed by atoms with van der Waals surface area (Å²) < 4.78 is 0. The topological polar surface area (TPSA) is 26.0 Å². The van der Waals surface area contributed by atoms with Crippen LogP contribution in [0.3, 0.4) is 0 Å². The smallest absolute Gasteiger partial charge is 0.0580 e. The van der Waals surface area contributed by atoms with Crippen molar-refractivity contribution in [3.05, 3.63) is 20.3 Å². The van der Waals surface area contributed by atoms with Gasteiger partial charge >= 0.3 is 0 Å². The molecular weight excluding hydrogens is 190 g/mol. The summed E-state index contributed by atoms with van der Waals surface area (Å²) in [7, 11) is 0. The van der Waals surface area contributed by atoms with Crippen molar-refractivity contribution in [3.8, 4) is 0 Å². The van der Waals surface area contributed by atoms with E-state index < -0.39 is 0 Å². The maximum atomic E-state index is 6.20. The molecular formula is C9H12ClNS. The molecule has 0 unspecified atom stereocenters. The molecule has 0 atom stereocenters. The minimum atomic E-state index is 0.707. The largest absolute Gasteiger partial charge is 0.330 e. The first-order chi connectivity index (χ1) is 5.83. The van der Waals surface area contributed by atoms with E-state index >= 15 is 0 Å². The van der Waals surface area contributed by atoms with Crippen molar-refractivity contribution in [3.63, 3.8) is 0 Å². The number of hydrogen-bond donors (Lipinski definition) is 1. The van der Waals surface area contributed by atoms with Crippen LogP contribution in [0.15, 0.2) is 0 Å². The van der Waals surface area contributed by atoms with Crippen molar-refractivity contribution < 1.29 is 0 Å². The SMILES string of the molecule is NCCc1sc2c(c1Cl)CCC2. The summed E-state index contributed by atoms with van der Waals surface area (Å²) in [5, 5.41) is 1.01. The molecule has 1 heterocycles. The Hall–Kier alpha value is -0.0500. The van der Waals surface area contributed by atoms with Crippen molar-refractivity contribution in [1.29, 1.82) is 0 Å². The summed E-state index contributed by atoms with van der Waals surface area (Å²) in [6, 6.07) is 0. The first-order valence-corrected chi connectivity index (χ1v) is 5.51. The van der Waals surface area contributed by atoms with Gasteiger partial charge in [0.1, 0.15) is 0 Å². The lowest BCUT2D eigenvalue weighted by atomic mass is 10.2. The molecule has 0 amide bonds. The Bertz CT molecular complexity index is 293. The van der Waals surface area contributed by atoms with E-state index in [1.165, 1.54) is 34.6 Å². The third-order valence-corrected chi connectivity index (χ3v) is 4.21. The predicted octanol–water partition coefficient (Wildman–Crippen LogP) is 2.39. The number of halogens is 1. The average Bonchev–Trinajstić information content (AvgIpc) is 2.58. The molecule has 1 aromatic rings. The average molecular weight is 202 g/mol. The van der Waals surface area contributed by atoms with Crippen molar-refractivity contribution in [2.75, 3.05) is 6.54 Å². The van der Waals surface area contributed by atoms with Crippen molar-refractivity contribution in [2.24, 2.45) is 5.73 Å². The van der Waals surface area contributed by atoms with E-state index in [0.717, 1.165) is 11.4 Å². The monoisotopic (exact) mass is 201 g/mol. The van der Waals surface area contributed by atoms with Gasteiger partial charge in [0, 0.05) is 9.75 Å². The zero-order valence-electron chi connectivity index (χ0n) is 6.90. The van der Waals surface area contributed by atoms with Crippen LogP contribution in [0.5, 0.6) is 0 Å². The van der Waals surface area contributed by atoms with Gasteiger partial charge in [0.25, 0.3) is 0 Å². The highest BCUT2D eigenvalue weighted by molar-refractivity contribution is 7.12. The summed E-state index contributed by atoms with van der Waals surface area (Å²) in [6.07, 6.45) is 4.62. The summed E-state index contributed by atoms with van der Waals surface area (Å²) >= 11 is 8.06. The van der Waals surface area contributed by atoms with Gasteiger partial charge in [-0.2, -0.15) is 0 Å². The Labute approximate surface area is 81.5 Å². The highest BCUT2D eigenvalue weighted by Crippen LogP contribution is 2.38. The van der Waals surface area contributed by atoms with E-state index in [2.05, 4.69) is 0 Å². The maximum Gasteiger partial charge on any atom is 0.0580 e. The summed E-state index contributed by atoms with van der Waals surface area (Å²) in [5.41, 5.74) is 6.90. The standard InChI is InChI=1S/C9H12ClNS/c10-9-6-2-1-3-7(6)12-8(9)4-5-11/h1-5,11H2. The van der Waals surface area contributed by atoms with Crippen LogP contribution < -0.4 is 5.73 Å². The van der Waals surface area contributed by atoms with Gasteiger partial charge in [-0.25, -0.2) is 0 Å². The number of rotatable bonds is 2. The highest BCUT2D eigenvalue weighted by atomic mass is 35.5. The zero-order valence-corrected chi connectivity index (χ0v) is 8.47. The second-order valence-corrected chi connectivity index (χ2v) is 4.70. The molecule has 0 spiro atoms. The van der Waals surface area contributed by atoms with E-state index in [9.17, 15) is 0 Å². The van der Waals surface area contributed by atoms with Crippen molar-refractivity contribution in [2.45, 2.75) is 25.7 Å². The molecule has 66 valence electrons. The second-order valence-electron chi connectivity index (χ2n) is 3.13. The number of aryl methyl sites for hydroxylation is 1. The van der Waals surface area contributed by atoms with Gasteiger partial charge in [-0.15, -0.1) is 11.3 Å². The zero-order chi connectivity index (χ0) is 8.55. The fourth-order valence-corrected chi connectivity index (χ4v) is 3.49. The van der Waals surface area contributed by atoms with Crippen LogP contribution >= 0.6 is 22.9 Å². The molecule has 1 aliphatic rings. The van der Waals surface area contributed by atoms with Gasteiger partial charge in [-0.3, -0.25) is 0 Å². The van der Waals surface area contributed by atoms with Gasteiger partial charge in [0.2, 0.25) is 0 Å². The van der Waals surface area contributed by atoms with Gasteiger partial charge < -0.3 is 5.73 Å². The van der Waals surface area contributed by atoms with E-state index in [-0.39, 0.29) is 0 Å². The number of nitrogens with two attached hydrogens (primary N) is 1. The second kappa shape index (κ2) is 3.36. The third-order valence-electron chi connectivity index (χ3n) is 2.29. The summed E-state index contributed by atoms with van der Waals surface area (Å²) in [5.74, 6) is 0. The first kappa shape index (κ1) is 8.54. The highest BCUT2D eigenvalue weighted by Gasteiger charge is 2.19. The molecule has 12 heavy (non-hydrogen) atoms. The fourth-order valence-electron chi connectivity index (χ4n) is 1.71. The van der Waals surface area contributed by atoms with Crippen molar-refractivity contribution >= 4 is 22.9 Å². The molecule has 0 radical (unpaired) electrons. The van der Waals surface area contributed by atoms with Gasteiger partial charge in [0.05, 0.1) is 5.02 Å². The molecule has 2 N–H and O–H groups in total. The van der Waals surface area contributed by atoms with Crippen molar-refractivity contribution in [1.82, 2.24) is 0 Å². The molecule has 0 bridgehead atoms. The lowest BCUT2D eigenvalue weighted by Crippen LogP contribution is -2.01. The van der Waals surface area contributed by atoms with Crippen LogP contribution in [0, 0.1) is 0 Å². The molecule has 0 fully saturated rings. The van der Waals surface area contributed by atoms with E-state index in [1.54, 1.807) is 0 Å². The molecule has 1 nitrogen and oxygen atoms in total. The Balaban J connectivity index is 2.34. The third kappa shape index (κ3) is 1.28. The Morgan fingerprint density at radius 3 is 2.92 bits per heavy atom. The van der Waals surface area contributed by atoms with Gasteiger partial charge in [0.15, 0.2) is 0 Å². The van der Waals surface area contributed by atoms with Crippen LogP contribution in [0.1, 0.15) is 21.7 Å². The van der Waals surface area contributed by atoms with E-state index in [0.29, 0.717) is 6.54 Å². The van der Waals surface area contributed by atoms with E-state index in [4.69, 9.17) is 17.3 Å². The Kier molecular flexibility index (Phi) is 2.40. The van der Waals surface area contributed by atoms with Gasteiger partial charge in [-0.05, 0) is 37.8 Å². The summed E-state index contributed by atoms with van der Waals surface area (Å²) in [6.45, 7) is 0.707. The normalized spacial score (nSPS) is 15.2. The lowest BCUT2D eigenvalue weighted by molar-refractivity contribution is 0.911. The molecule has 0 aromatic carbocycles. The number of thiophene rings is 1. The van der Waals surface area contributed by atoms with E-state index in [1.807, 2.05) is 11.3 Å². The van der Waals surface area contributed by atoms with Gasteiger partial charge in [-0.1, -0.05) is 11.6 Å². The quantitative estimate of drug-likeness (QED) is 0.782. The molecule has 1 aliphatic carbocycles. The minimum Gasteiger partial charge on any atom is -0.330 e. The first-order valence-electron chi connectivity index (χ1n) is 4.32. The molecule has 1 aromatic heterocycles. The van der Waals surface area contributed by atoms with Crippen LogP contribution in [-0.4, -0.2) is 6.54 Å². The van der Waals surface area contributed by atoms with Crippen LogP contribution in [0.25, 0.3) is 0 Å². The number of fused-ring (bicyclic) bond motifs is 1. The fraction of sp³-hybridized carbons (Fsp3) is 0.556. The molecule has 0 saturated carbocycles. The molecule has 3 heteroatoms. The predicted molar refractivity (Wildman–Crippen MR) is 54.1 cm³/mol. The molecule has 0 saturated heterocycles. The van der Waals surface area contributed by atoms with Crippen LogP contribution in [0.2, 0.25) is 5.02 Å². The molecule has 2 rings (SSSR count). The lowest BCUT2D eigenvalue weighted by Gasteiger charge is -1.95. The summed E-state index contributed by atoms with van der Waals surface area (Å²) in [4.78, 5) is 2.80.